The van der Waals surface area contributed by atoms with Gasteiger partial charge in [-0.2, -0.15) is 0 Å². The highest BCUT2D eigenvalue weighted by atomic mass is 32.2. The molecule has 0 bridgehead atoms. The van der Waals surface area contributed by atoms with Gasteiger partial charge in [-0.25, -0.2) is 17.2 Å². The summed E-state index contributed by atoms with van der Waals surface area (Å²) in [5.74, 6) is -2.07. The van der Waals surface area contributed by atoms with Gasteiger partial charge in [0.2, 0.25) is 0 Å². The molecule has 0 amide bonds. The van der Waals surface area contributed by atoms with Gasteiger partial charge in [-0.3, -0.25) is 4.79 Å². The van der Waals surface area contributed by atoms with Gasteiger partial charge in [0, 0.05) is 18.9 Å². The second-order valence-electron chi connectivity index (χ2n) is 4.02. The van der Waals surface area contributed by atoms with Crippen LogP contribution in [-0.4, -0.2) is 19.5 Å². The number of hydrogen-bond donors (Lipinski definition) is 0. The van der Waals surface area contributed by atoms with E-state index in [0.717, 1.165) is 12.1 Å². The van der Waals surface area contributed by atoms with Crippen LogP contribution in [0, 0.1) is 11.6 Å². The molecule has 0 heterocycles. The van der Waals surface area contributed by atoms with Crippen LogP contribution in [0.25, 0.3) is 0 Å². The Labute approximate surface area is 97.4 Å². The summed E-state index contributed by atoms with van der Waals surface area (Å²) in [5.41, 5.74) is 0. The molecule has 1 aliphatic carbocycles. The first-order valence-corrected chi connectivity index (χ1v) is 6.66. The number of Topliss-reactive ketones (excluding diaryl/α,β-unsaturated/α-hetero) is 1. The zero-order chi connectivity index (χ0) is 12.6. The van der Waals surface area contributed by atoms with Gasteiger partial charge in [-0.05, 0) is 18.6 Å². The molecule has 0 aromatic heterocycles. The summed E-state index contributed by atoms with van der Waals surface area (Å²) in [7, 11) is -3.88. The van der Waals surface area contributed by atoms with E-state index in [2.05, 4.69) is 0 Å². The Hall–Kier alpha value is -1.30. The summed E-state index contributed by atoms with van der Waals surface area (Å²) in [6.45, 7) is 0. The molecule has 0 aliphatic heterocycles. The van der Waals surface area contributed by atoms with Crippen LogP contribution in [0.5, 0.6) is 0 Å². The van der Waals surface area contributed by atoms with E-state index in [1.165, 1.54) is 0 Å². The second kappa shape index (κ2) is 4.18. The van der Waals surface area contributed by atoms with E-state index in [1.807, 2.05) is 0 Å². The van der Waals surface area contributed by atoms with E-state index in [9.17, 15) is 22.0 Å². The molecule has 0 N–H and O–H groups in total. The summed E-state index contributed by atoms with van der Waals surface area (Å²) in [5, 5.41) is -0.880. The molecular weight excluding hydrogens is 250 g/mol. The van der Waals surface area contributed by atoms with Crippen LogP contribution in [-0.2, 0) is 14.6 Å². The maximum atomic E-state index is 13.4. The summed E-state index contributed by atoms with van der Waals surface area (Å²) >= 11 is 0. The Balaban J connectivity index is 2.41. The van der Waals surface area contributed by atoms with Crippen LogP contribution < -0.4 is 0 Å². The van der Waals surface area contributed by atoms with Gasteiger partial charge in [-0.1, -0.05) is 0 Å². The third kappa shape index (κ3) is 2.22. The molecular formula is C11H10F2O3S. The van der Waals surface area contributed by atoms with Crippen molar-refractivity contribution in [3.63, 3.8) is 0 Å². The molecule has 92 valence electrons. The molecule has 17 heavy (non-hydrogen) atoms. The number of carbonyl (C=O) groups excluding carboxylic acids is 1. The van der Waals surface area contributed by atoms with Crippen LogP contribution in [0.1, 0.15) is 19.3 Å². The highest BCUT2D eigenvalue weighted by Gasteiger charge is 2.35. The second-order valence-corrected chi connectivity index (χ2v) is 6.22. The van der Waals surface area contributed by atoms with Crippen molar-refractivity contribution >= 4 is 15.6 Å². The van der Waals surface area contributed by atoms with E-state index < -0.39 is 31.6 Å². The normalized spacial score (nSPS) is 20.8. The first-order chi connectivity index (χ1) is 7.91. The fraction of sp³-hybridized carbons (Fsp3) is 0.364. The highest BCUT2D eigenvalue weighted by molar-refractivity contribution is 7.92. The maximum absolute atomic E-state index is 13.4. The lowest BCUT2D eigenvalue weighted by Gasteiger charge is -2.10. The zero-order valence-corrected chi connectivity index (χ0v) is 9.64. The van der Waals surface area contributed by atoms with Gasteiger partial charge >= 0.3 is 0 Å². The molecule has 3 nitrogen and oxygen atoms in total. The molecule has 1 fully saturated rings. The topological polar surface area (TPSA) is 51.2 Å². The lowest BCUT2D eigenvalue weighted by Crippen LogP contribution is -2.19. The number of halogens is 2. The molecule has 0 saturated heterocycles. The summed E-state index contributed by atoms with van der Waals surface area (Å²) in [6, 6.07) is 2.33. The molecule has 1 aromatic rings. The average Bonchev–Trinajstić information content (AvgIpc) is 2.64. The lowest BCUT2D eigenvalue weighted by atomic mass is 10.3. The molecule has 1 aromatic carbocycles. The largest absolute Gasteiger partial charge is 0.300 e. The highest BCUT2D eigenvalue weighted by Crippen LogP contribution is 2.29. The number of hydrogen-bond acceptors (Lipinski definition) is 3. The van der Waals surface area contributed by atoms with E-state index in [-0.39, 0.29) is 25.0 Å². The van der Waals surface area contributed by atoms with Gasteiger partial charge in [-0.15, -0.1) is 0 Å². The van der Waals surface area contributed by atoms with E-state index in [1.54, 1.807) is 0 Å². The molecule has 1 aliphatic rings. The fourth-order valence-corrected chi connectivity index (χ4v) is 3.71. The van der Waals surface area contributed by atoms with Crippen molar-refractivity contribution in [3.05, 3.63) is 29.8 Å². The number of sulfone groups is 1. The molecule has 1 atom stereocenters. The van der Waals surface area contributed by atoms with Crippen molar-refractivity contribution in [3.8, 4) is 0 Å². The van der Waals surface area contributed by atoms with Crippen molar-refractivity contribution in [1.82, 2.24) is 0 Å². The van der Waals surface area contributed by atoms with Gasteiger partial charge in [0.15, 0.2) is 9.84 Å². The Bertz CT molecular complexity index is 566. The third-order valence-electron chi connectivity index (χ3n) is 2.84. The first-order valence-electron chi connectivity index (χ1n) is 5.12. The summed E-state index contributed by atoms with van der Waals surface area (Å²) in [6.07, 6.45) is 0.323. The Morgan fingerprint density at radius 2 is 1.94 bits per heavy atom. The van der Waals surface area contributed by atoms with Gasteiger partial charge in [0.1, 0.15) is 22.3 Å². The molecule has 2 rings (SSSR count). The molecule has 0 radical (unpaired) electrons. The molecule has 0 spiro atoms. The van der Waals surface area contributed by atoms with Crippen molar-refractivity contribution < 1.29 is 22.0 Å². The van der Waals surface area contributed by atoms with Crippen LogP contribution in [0.2, 0.25) is 0 Å². The number of benzene rings is 1. The smallest absolute Gasteiger partial charge is 0.184 e. The quantitative estimate of drug-likeness (QED) is 0.763. The summed E-state index contributed by atoms with van der Waals surface area (Å²) < 4.78 is 50.1. The Kier molecular flexibility index (Phi) is 2.99. The third-order valence-corrected chi connectivity index (χ3v) is 5.06. The minimum atomic E-state index is -3.88. The average molecular weight is 260 g/mol. The van der Waals surface area contributed by atoms with E-state index in [4.69, 9.17) is 0 Å². The standard InChI is InChI=1S/C11H10F2O3S/c12-7-1-4-11(10(13)5-7)17(15,16)9-3-2-8(14)6-9/h1,4-5,9H,2-3,6H2. The van der Waals surface area contributed by atoms with Gasteiger partial charge < -0.3 is 0 Å². The molecule has 6 heteroatoms. The first kappa shape index (κ1) is 12.2. The number of carbonyl (C=O) groups is 1. The van der Waals surface area contributed by atoms with Crippen LogP contribution in [0.4, 0.5) is 8.78 Å². The van der Waals surface area contributed by atoms with Crippen molar-refractivity contribution in [1.29, 1.82) is 0 Å². The number of ketones is 1. The SMILES string of the molecule is O=C1CCC(S(=O)(=O)c2ccc(F)cc2F)C1. The monoisotopic (exact) mass is 260 g/mol. The van der Waals surface area contributed by atoms with Crippen LogP contribution in [0.3, 0.4) is 0 Å². The number of rotatable bonds is 2. The van der Waals surface area contributed by atoms with Crippen molar-refractivity contribution in [2.24, 2.45) is 0 Å². The van der Waals surface area contributed by atoms with Gasteiger partial charge in [0.05, 0.1) is 5.25 Å². The van der Waals surface area contributed by atoms with Gasteiger partial charge in [0.25, 0.3) is 0 Å². The minimum absolute atomic E-state index is 0.0842. The fourth-order valence-electron chi connectivity index (χ4n) is 1.93. The molecule has 1 saturated carbocycles. The molecule has 1 unspecified atom stereocenters. The zero-order valence-electron chi connectivity index (χ0n) is 8.82. The van der Waals surface area contributed by atoms with Crippen molar-refractivity contribution in [2.45, 2.75) is 29.4 Å². The van der Waals surface area contributed by atoms with Crippen molar-refractivity contribution in [2.75, 3.05) is 0 Å². The lowest BCUT2D eigenvalue weighted by molar-refractivity contribution is -0.117. The Morgan fingerprint density at radius 3 is 2.47 bits per heavy atom. The minimum Gasteiger partial charge on any atom is -0.300 e. The van der Waals surface area contributed by atoms with E-state index >= 15 is 0 Å². The van der Waals surface area contributed by atoms with Crippen LogP contribution in [0.15, 0.2) is 23.1 Å². The Morgan fingerprint density at radius 1 is 1.24 bits per heavy atom. The van der Waals surface area contributed by atoms with Crippen LogP contribution >= 0.6 is 0 Å². The summed E-state index contributed by atoms with van der Waals surface area (Å²) in [4.78, 5) is 10.5. The predicted molar refractivity (Wildman–Crippen MR) is 56.2 cm³/mol. The van der Waals surface area contributed by atoms with E-state index in [0.29, 0.717) is 6.07 Å². The maximum Gasteiger partial charge on any atom is 0.184 e. The predicted octanol–water partition coefficient (Wildman–Crippen LogP) is 1.86.